The van der Waals surface area contributed by atoms with Crippen LogP contribution in [0.4, 0.5) is 11.6 Å². The quantitative estimate of drug-likeness (QED) is 0.748. The molecule has 1 aromatic carbocycles. The van der Waals surface area contributed by atoms with E-state index in [9.17, 15) is 4.79 Å². The summed E-state index contributed by atoms with van der Waals surface area (Å²) < 4.78 is 7.04. The van der Waals surface area contributed by atoms with Crippen molar-refractivity contribution in [3.63, 3.8) is 0 Å². The van der Waals surface area contributed by atoms with Crippen molar-refractivity contribution in [1.29, 1.82) is 0 Å². The molecule has 148 valence electrons. The summed E-state index contributed by atoms with van der Waals surface area (Å²) in [6, 6.07) is 8.09. The molecule has 0 saturated carbocycles. The van der Waals surface area contributed by atoms with Gasteiger partial charge in [0.25, 0.3) is 5.56 Å². The van der Waals surface area contributed by atoms with Crippen molar-refractivity contribution in [2.75, 3.05) is 43.1 Å². The number of rotatable bonds is 3. The van der Waals surface area contributed by atoms with E-state index in [1.165, 1.54) is 5.69 Å². The van der Waals surface area contributed by atoms with Crippen molar-refractivity contribution >= 4 is 22.7 Å². The molecule has 3 heterocycles. The summed E-state index contributed by atoms with van der Waals surface area (Å²) in [7, 11) is 1.67. The summed E-state index contributed by atoms with van der Waals surface area (Å²) in [4.78, 5) is 24.6. The maximum absolute atomic E-state index is 12.5. The fourth-order valence-corrected chi connectivity index (χ4v) is 3.52. The molecule has 0 amide bonds. The van der Waals surface area contributed by atoms with Gasteiger partial charge in [-0.25, -0.2) is 4.68 Å². The van der Waals surface area contributed by atoms with Crippen LogP contribution < -0.4 is 20.1 Å². The largest absolute Gasteiger partial charge is 0.497 e. The van der Waals surface area contributed by atoms with E-state index in [0.717, 1.165) is 31.9 Å². The maximum Gasteiger partial charge on any atom is 0.263 e. The average Bonchev–Trinajstić information content (AvgIpc) is 3.13. The molecule has 8 heteroatoms. The van der Waals surface area contributed by atoms with Crippen molar-refractivity contribution in [1.82, 2.24) is 19.7 Å². The summed E-state index contributed by atoms with van der Waals surface area (Å²) in [5.41, 5.74) is 1.41. The van der Waals surface area contributed by atoms with E-state index >= 15 is 0 Å². The summed E-state index contributed by atoms with van der Waals surface area (Å²) in [5, 5.41) is 4.90. The second-order valence-corrected chi connectivity index (χ2v) is 8.03. The smallest absolute Gasteiger partial charge is 0.263 e. The van der Waals surface area contributed by atoms with E-state index in [-0.39, 0.29) is 11.1 Å². The van der Waals surface area contributed by atoms with Gasteiger partial charge < -0.3 is 14.5 Å². The van der Waals surface area contributed by atoms with Gasteiger partial charge in [-0.15, -0.1) is 0 Å². The molecule has 0 spiro atoms. The van der Waals surface area contributed by atoms with Crippen molar-refractivity contribution in [3.05, 3.63) is 40.8 Å². The number of hydrogen-bond acceptors (Lipinski definition) is 6. The lowest BCUT2D eigenvalue weighted by atomic mass is 10.1. The molecule has 0 radical (unpaired) electrons. The number of nitrogens with zero attached hydrogens (tertiary/aromatic N) is 5. The molecule has 4 rings (SSSR count). The lowest BCUT2D eigenvalue weighted by Gasteiger charge is -2.36. The van der Waals surface area contributed by atoms with E-state index in [0.29, 0.717) is 17.0 Å². The predicted octanol–water partition coefficient (Wildman–Crippen LogP) is 2.21. The molecule has 0 atom stereocenters. The second-order valence-electron chi connectivity index (χ2n) is 8.03. The topological polar surface area (TPSA) is 79.3 Å². The van der Waals surface area contributed by atoms with E-state index in [1.807, 2.05) is 16.8 Å². The van der Waals surface area contributed by atoms with Crippen LogP contribution in [0, 0.1) is 0 Å². The fourth-order valence-electron chi connectivity index (χ4n) is 3.52. The Morgan fingerprint density at radius 2 is 1.68 bits per heavy atom. The molecule has 1 aliphatic heterocycles. The molecular weight excluding hydrogens is 356 g/mol. The molecule has 28 heavy (non-hydrogen) atoms. The molecule has 3 aromatic rings. The van der Waals surface area contributed by atoms with Crippen molar-refractivity contribution in [2.24, 2.45) is 0 Å². The Kier molecular flexibility index (Phi) is 4.49. The van der Waals surface area contributed by atoms with Crippen LogP contribution in [0.2, 0.25) is 0 Å². The van der Waals surface area contributed by atoms with Crippen LogP contribution in [0.15, 0.2) is 35.3 Å². The minimum atomic E-state index is -0.243. The highest BCUT2D eigenvalue weighted by molar-refractivity contribution is 5.74. The first-order chi connectivity index (χ1) is 13.4. The maximum atomic E-state index is 12.5. The highest BCUT2D eigenvalue weighted by atomic mass is 16.5. The SMILES string of the molecule is COc1ccc(N2CCN(c3nc4c(cnn4C(C)(C)C)c(=O)[nH]3)CC2)cc1. The number of benzene rings is 1. The van der Waals surface area contributed by atoms with Gasteiger partial charge in [0.2, 0.25) is 5.95 Å². The molecular formula is C20H26N6O2. The summed E-state index contributed by atoms with van der Waals surface area (Å²) in [6.07, 6.45) is 1.60. The Balaban J connectivity index is 1.55. The number of H-pyrrole nitrogens is 1. The zero-order valence-electron chi connectivity index (χ0n) is 16.8. The number of anilines is 2. The van der Waals surface area contributed by atoms with Crippen LogP contribution in [0.25, 0.3) is 11.0 Å². The molecule has 0 aliphatic carbocycles. The predicted molar refractivity (Wildman–Crippen MR) is 111 cm³/mol. The fraction of sp³-hybridized carbons (Fsp3) is 0.450. The Morgan fingerprint density at radius 1 is 1.04 bits per heavy atom. The summed E-state index contributed by atoms with van der Waals surface area (Å²) in [6.45, 7) is 9.42. The number of hydrogen-bond donors (Lipinski definition) is 1. The minimum Gasteiger partial charge on any atom is -0.497 e. The number of piperazine rings is 1. The Labute approximate surface area is 163 Å². The highest BCUT2D eigenvalue weighted by Crippen LogP contribution is 2.23. The molecule has 2 aromatic heterocycles. The number of aromatic nitrogens is 4. The monoisotopic (exact) mass is 382 g/mol. The molecule has 0 unspecified atom stereocenters. The van der Waals surface area contributed by atoms with Gasteiger partial charge in [0.15, 0.2) is 5.65 Å². The molecule has 1 N–H and O–H groups in total. The van der Waals surface area contributed by atoms with E-state index < -0.39 is 0 Å². The molecule has 8 nitrogen and oxygen atoms in total. The van der Waals surface area contributed by atoms with Crippen LogP contribution in [0.3, 0.4) is 0 Å². The number of aromatic amines is 1. The summed E-state index contributed by atoms with van der Waals surface area (Å²) >= 11 is 0. The van der Waals surface area contributed by atoms with Crippen LogP contribution in [0.5, 0.6) is 5.75 Å². The lowest BCUT2D eigenvalue weighted by molar-refractivity contribution is 0.366. The standard InChI is InChI=1S/C20H26N6O2/c1-20(2,3)26-17-16(13-21-26)18(27)23-19(22-17)25-11-9-24(10-12-25)14-5-7-15(28-4)8-6-14/h5-8,13H,9-12H2,1-4H3,(H,22,23,27). The molecule has 0 bridgehead atoms. The van der Waals surface area contributed by atoms with E-state index in [4.69, 9.17) is 9.72 Å². The Morgan fingerprint density at radius 3 is 2.29 bits per heavy atom. The first-order valence-electron chi connectivity index (χ1n) is 9.49. The Hall–Kier alpha value is -3.03. The number of nitrogens with one attached hydrogen (secondary N) is 1. The third-order valence-electron chi connectivity index (χ3n) is 5.08. The molecule has 1 saturated heterocycles. The van der Waals surface area contributed by atoms with Gasteiger partial charge in [-0.2, -0.15) is 10.1 Å². The van der Waals surface area contributed by atoms with Gasteiger partial charge in [0.1, 0.15) is 11.1 Å². The van der Waals surface area contributed by atoms with Gasteiger partial charge in [-0.3, -0.25) is 9.78 Å². The van der Waals surface area contributed by atoms with Gasteiger partial charge >= 0.3 is 0 Å². The first-order valence-corrected chi connectivity index (χ1v) is 9.49. The average molecular weight is 382 g/mol. The second kappa shape index (κ2) is 6.85. The normalized spacial score (nSPS) is 15.3. The van der Waals surface area contributed by atoms with Crippen molar-refractivity contribution < 1.29 is 4.74 Å². The van der Waals surface area contributed by atoms with Crippen LogP contribution in [0.1, 0.15) is 20.8 Å². The van der Waals surface area contributed by atoms with Crippen molar-refractivity contribution in [2.45, 2.75) is 26.3 Å². The van der Waals surface area contributed by atoms with Crippen LogP contribution in [-0.4, -0.2) is 53.0 Å². The third-order valence-corrected chi connectivity index (χ3v) is 5.08. The minimum absolute atomic E-state index is 0.145. The van der Waals surface area contributed by atoms with Crippen molar-refractivity contribution in [3.8, 4) is 5.75 Å². The number of methoxy groups -OCH3 is 1. The van der Waals surface area contributed by atoms with Crippen LogP contribution >= 0.6 is 0 Å². The summed E-state index contributed by atoms with van der Waals surface area (Å²) in [5.74, 6) is 1.46. The Bertz CT molecular complexity index is 1020. The zero-order valence-corrected chi connectivity index (χ0v) is 16.8. The zero-order chi connectivity index (χ0) is 19.9. The van der Waals surface area contributed by atoms with E-state index in [2.05, 4.69) is 52.8 Å². The number of ether oxygens (including phenoxy) is 1. The molecule has 1 fully saturated rings. The van der Waals surface area contributed by atoms with E-state index in [1.54, 1.807) is 13.3 Å². The van der Waals surface area contributed by atoms with Gasteiger partial charge in [-0.05, 0) is 45.0 Å². The third kappa shape index (κ3) is 3.30. The van der Waals surface area contributed by atoms with Gasteiger partial charge in [-0.1, -0.05) is 0 Å². The van der Waals surface area contributed by atoms with Gasteiger partial charge in [0.05, 0.1) is 18.8 Å². The first kappa shape index (κ1) is 18.3. The highest BCUT2D eigenvalue weighted by Gasteiger charge is 2.23. The van der Waals surface area contributed by atoms with Gasteiger partial charge in [0, 0.05) is 31.9 Å². The molecule has 1 aliphatic rings. The van der Waals surface area contributed by atoms with Crippen LogP contribution in [-0.2, 0) is 5.54 Å². The lowest BCUT2D eigenvalue weighted by Crippen LogP contribution is -2.47. The number of fused-ring (bicyclic) bond motifs is 1.